The second-order valence-corrected chi connectivity index (χ2v) is 5.75. The van der Waals surface area contributed by atoms with Crippen molar-refractivity contribution in [3.8, 4) is 5.75 Å². The molecule has 2 N–H and O–H groups in total. The van der Waals surface area contributed by atoms with Crippen molar-refractivity contribution in [3.63, 3.8) is 0 Å². The molecule has 2 nitrogen and oxygen atoms in total. The van der Waals surface area contributed by atoms with Crippen molar-refractivity contribution in [2.24, 2.45) is 5.73 Å². The molecule has 21 heavy (non-hydrogen) atoms. The zero-order chi connectivity index (χ0) is 14.8. The molecule has 1 heterocycles. The number of halogens is 1. The summed E-state index contributed by atoms with van der Waals surface area (Å²) in [5.41, 5.74) is 10.5. The molecule has 0 amide bonds. The first-order valence-electron chi connectivity index (χ1n) is 7.39. The van der Waals surface area contributed by atoms with E-state index in [2.05, 4.69) is 12.1 Å². The van der Waals surface area contributed by atoms with Gasteiger partial charge in [0.1, 0.15) is 11.6 Å². The minimum atomic E-state index is -0.213. The van der Waals surface area contributed by atoms with Gasteiger partial charge in [-0.1, -0.05) is 18.2 Å². The lowest BCUT2D eigenvalue weighted by molar-refractivity contribution is 0.357. The highest BCUT2D eigenvalue weighted by Crippen LogP contribution is 2.27. The molecule has 0 saturated heterocycles. The zero-order valence-electron chi connectivity index (χ0n) is 12.2. The summed E-state index contributed by atoms with van der Waals surface area (Å²) in [6.45, 7) is 2.67. The van der Waals surface area contributed by atoms with Gasteiger partial charge in [0.25, 0.3) is 0 Å². The summed E-state index contributed by atoms with van der Waals surface area (Å²) in [6, 6.07) is 11.2. The van der Waals surface area contributed by atoms with E-state index in [0.717, 1.165) is 42.7 Å². The van der Waals surface area contributed by atoms with E-state index in [1.54, 1.807) is 0 Å². The van der Waals surface area contributed by atoms with Gasteiger partial charge >= 0.3 is 0 Å². The lowest BCUT2D eigenvalue weighted by Gasteiger charge is -2.13. The van der Waals surface area contributed by atoms with Gasteiger partial charge in [-0.15, -0.1) is 0 Å². The number of benzene rings is 2. The summed E-state index contributed by atoms with van der Waals surface area (Å²) >= 11 is 0. The maximum atomic E-state index is 13.4. The van der Waals surface area contributed by atoms with E-state index in [0.29, 0.717) is 0 Å². The molecule has 2 aromatic rings. The van der Waals surface area contributed by atoms with Crippen molar-refractivity contribution < 1.29 is 9.13 Å². The summed E-state index contributed by atoms with van der Waals surface area (Å²) in [5, 5.41) is 0. The summed E-state index contributed by atoms with van der Waals surface area (Å²) in [4.78, 5) is 0. The molecule has 0 fully saturated rings. The maximum absolute atomic E-state index is 13.4. The average Bonchev–Trinajstić information content (AvgIpc) is 2.91. The molecule has 0 radical (unpaired) electrons. The number of hydrogen-bond donors (Lipinski definition) is 1. The van der Waals surface area contributed by atoms with Crippen LogP contribution in [-0.2, 0) is 12.8 Å². The Hall–Kier alpha value is -1.87. The van der Waals surface area contributed by atoms with Crippen LogP contribution in [0.1, 0.15) is 34.7 Å². The molecule has 0 bridgehead atoms. The van der Waals surface area contributed by atoms with Crippen LogP contribution < -0.4 is 10.5 Å². The Morgan fingerprint density at radius 3 is 2.90 bits per heavy atom. The van der Waals surface area contributed by atoms with Gasteiger partial charge in [0.05, 0.1) is 6.61 Å². The van der Waals surface area contributed by atoms with E-state index in [4.69, 9.17) is 10.5 Å². The molecular formula is C18H20FNO. The monoisotopic (exact) mass is 285 g/mol. The predicted molar refractivity (Wildman–Crippen MR) is 82.0 cm³/mol. The van der Waals surface area contributed by atoms with E-state index < -0.39 is 0 Å². The molecule has 1 atom stereocenters. The normalized spacial score (nSPS) is 14.6. The van der Waals surface area contributed by atoms with Gasteiger partial charge < -0.3 is 10.5 Å². The van der Waals surface area contributed by atoms with E-state index in [-0.39, 0.29) is 11.9 Å². The lowest BCUT2D eigenvalue weighted by atomic mass is 9.97. The Bertz CT molecular complexity index is 633. The van der Waals surface area contributed by atoms with Gasteiger partial charge in [-0.05, 0) is 60.2 Å². The molecule has 1 unspecified atom stereocenters. The Balaban J connectivity index is 1.66. The largest absolute Gasteiger partial charge is 0.493 e. The number of hydrogen-bond acceptors (Lipinski definition) is 2. The molecule has 2 aromatic carbocycles. The Labute approximate surface area is 124 Å². The van der Waals surface area contributed by atoms with Crippen LogP contribution in [0.25, 0.3) is 0 Å². The van der Waals surface area contributed by atoms with Crippen LogP contribution in [0, 0.1) is 12.7 Å². The Kier molecular flexibility index (Phi) is 3.93. The Morgan fingerprint density at radius 1 is 1.24 bits per heavy atom. The van der Waals surface area contributed by atoms with Crippen molar-refractivity contribution >= 4 is 0 Å². The highest BCUT2D eigenvalue weighted by molar-refractivity contribution is 5.40. The predicted octanol–water partition coefficient (Wildman–Crippen LogP) is 3.70. The van der Waals surface area contributed by atoms with Gasteiger partial charge in [0.2, 0.25) is 0 Å². The first-order chi connectivity index (χ1) is 10.1. The number of rotatable bonds is 4. The molecule has 1 aliphatic rings. The maximum Gasteiger partial charge on any atom is 0.123 e. The topological polar surface area (TPSA) is 35.2 Å². The van der Waals surface area contributed by atoms with Crippen molar-refractivity contribution in [2.75, 3.05) is 6.61 Å². The smallest absolute Gasteiger partial charge is 0.123 e. The fourth-order valence-corrected chi connectivity index (χ4v) is 2.86. The van der Waals surface area contributed by atoms with Crippen LogP contribution >= 0.6 is 0 Å². The lowest BCUT2D eigenvalue weighted by Crippen LogP contribution is -2.12. The number of nitrogens with two attached hydrogens (primary N) is 1. The molecule has 0 aromatic heterocycles. The zero-order valence-corrected chi connectivity index (χ0v) is 12.2. The molecular weight excluding hydrogens is 265 g/mol. The van der Waals surface area contributed by atoms with Gasteiger partial charge in [0, 0.05) is 12.5 Å². The van der Waals surface area contributed by atoms with Crippen LogP contribution in [0.3, 0.4) is 0 Å². The second kappa shape index (κ2) is 5.86. The summed E-state index contributed by atoms with van der Waals surface area (Å²) in [6.07, 6.45) is 2.69. The molecule has 1 aliphatic heterocycles. The average molecular weight is 285 g/mol. The van der Waals surface area contributed by atoms with Crippen LogP contribution in [0.15, 0.2) is 36.4 Å². The molecule has 110 valence electrons. The van der Waals surface area contributed by atoms with Crippen molar-refractivity contribution in [3.05, 3.63) is 64.5 Å². The summed E-state index contributed by atoms with van der Waals surface area (Å²) in [5.74, 6) is 0.791. The van der Waals surface area contributed by atoms with E-state index >= 15 is 0 Å². The van der Waals surface area contributed by atoms with Crippen LogP contribution in [-0.4, -0.2) is 6.61 Å². The minimum absolute atomic E-state index is 0.135. The number of ether oxygens (including phenoxy) is 1. The van der Waals surface area contributed by atoms with Gasteiger partial charge in [0.15, 0.2) is 0 Å². The van der Waals surface area contributed by atoms with Crippen LogP contribution in [0.5, 0.6) is 5.75 Å². The fraction of sp³-hybridized carbons (Fsp3) is 0.333. The third-order valence-electron chi connectivity index (χ3n) is 3.99. The third-order valence-corrected chi connectivity index (χ3v) is 3.99. The second-order valence-electron chi connectivity index (χ2n) is 5.75. The van der Waals surface area contributed by atoms with Gasteiger partial charge in [-0.25, -0.2) is 4.39 Å². The SMILES string of the molecule is Cc1cc(F)cc(C(N)CCc2ccc3c(c2)CCO3)c1. The van der Waals surface area contributed by atoms with Crippen molar-refractivity contribution in [1.29, 1.82) is 0 Å². The molecule has 3 heteroatoms. The van der Waals surface area contributed by atoms with Gasteiger partial charge in [-0.2, -0.15) is 0 Å². The minimum Gasteiger partial charge on any atom is -0.493 e. The molecule has 3 rings (SSSR count). The van der Waals surface area contributed by atoms with Gasteiger partial charge in [-0.3, -0.25) is 0 Å². The highest BCUT2D eigenvalue weighted by Gasteiger charge is 2.13. The fourth-order valence-electron chi connectivity index (χ4n) is 2.86. The van der Waals surface area contributed by atoms with Crippen molar-refractivity contribution in [2.45, 2.75) is 32.2 Å². The van der Waals surface area contributed by atoms with E-state index in [1.165, 1.54) is 23.3 Å². The quantitative estimate of drug-likeness (QED) is 0.929. The van der Waals surface area contributed by atoms with Crippen LogP contribution in [0.4, 0.5) is 4.39 Å². The number of aryl methyl sites for hydroxylation is 2. The molecule has 0 saturated carbocycles. The molecule has 0 spiro atoms. The highest BCUT2D eigenvalue weighted by atomic mass is 19.1. The van der Waals surface area contributed by atoms with E-state index in [9.17, 15) is 4.39 Å². The standard InChI is InChI=1S/C18H20FNO/c1-12-8-15(11-16(19)9-12)17(20)4-2-13-3-5-18-14(10-13)6-7-21-18/h3,5,8-11,17H,2,4,6-7,20H2,1H3. The third kappa shape index (κ3) is 3.24. The summed E-state index contributed by atoms with van der Waals surface area (Å²) in [7, 11) is 0. The first-order valence-corrected chi connectivity index (χ1v) is 7.39. The van der Waals surface area contributed by atoms with Crippen LogP contribution in [0.2, 0.25) is 0 Å². The summed E-state index contributed by atoms with van der Waals surface area (Å²) < 4.78 is 18.9. The van der Waals surface area contributed by atoms with Crippen molar-refractivity contribution in [1.82, 2.24) is 0 Å². The van der Waals surface area contributed by atoms with E-state index in [1.807, 2.05) is 19.1 Å². The Morgan fingerprint density at radius 2 is 2.10 bits per heavy atom. The first kappa shape index (κ1) is 14.1. The molecule has 0 aliphatic carbocycles. The number of fused-ring (bicyclic) bond motifs is 1.